The number of carbonyl (C=O) groups is 1. The van der Waals surface area contributed by atoms with Crippen molar-refractivity contribution >= 4 is 60.6 Å². The summed E-state index contributed by atoms with van der Waals surface area (Å²) in [5, 5.41) is 10.8. The first-order valence-corrected chi connectivity index (χ1v) is 10.4. The predicted molar refractivity (Wildman–Crippen MR) is 107 cm³/mol. The summed E-state index contributed by atoms with van der Waals surface area (Å²) in [5.74, 6) is -0.570. The molecule has 3 rings (SSSR count). The lowest BCUT2D eigenvalue weighted by molar-refractivity contribution is -0.384. The predicted octanol–water partition coefficient (Wildman–Crippen LogP) is 3.05. The van der Waals surface area contributed by atoms with Crippen LogP contribution in [0.4, 0.5) is 5.69 Å². The monoisotopic (exact) mass is 483 g/mol. The molecule has 1 heterocycles. The van der Waals surface area contributed by atoms with Gasteiger partial charge in [0.1, 0.15) is 10.6 Å². The van der Waals surface area contributed by atoms with Crippen molar-refractivity contribution in [2.45, 2.75) is 4.90 Å². The smallest absolute Gasteiger partial charge is 0.339 e. The van der Waals surface area contributed by atoms with Gasteiger partial charge in [-0.1, -0.05) is 15.9 Å². The third-order valence-corrected chi connectivity index (χ3v) is 5.99. The van der Waals surface area contributed by atoms with Crippen LogP contribution in [0.25, 0.3) is 6.08 Å². The van der Waals surface area contributed by atoms with Gasteiger partial charge >= 0.3 is 10.1 Å². The van der Waals surface area contributed by atoms with E-state index in [4.69, 9.17) is 9.92 Å². The first kappa shape index (κ1) is 20.0. The minimum Gasteiger partial charge on any atom is -0.378 e. The van der Waals surface area contributed by atoms with Crippen LogP contribution in [-0.4, -0.2) is 24.4 Å². The fourth-order valence-electron chi connectivity index (χ4n) is 2.18. The normalized spacial score (nSPS) is 15.5. The lowest BCUT2D eigenvalue weighted by Crippen LogP contribution is -2.10. The van der Waals surface area contributed by atoms with Crippen molar-refractivity contribution in [3.05, 3.63) is 67.5 Å². The molecule has 2 aromatic carbocycles. The maximum Gasteiger partial charge on any atom is 0.339 e. The van der Waals surface area contributed by atoms with Crippen LogP contribution in [0, 0.1) is 10.1 Å². The zero-order chi connectivity index (χ0) is 20.5. The second kappa shape index (κ2) is 7.73. The number of hydrogen-bond donors (Lipinski definition) is 1. The number of non-ortho nitro benzene ring substituents is 1. The fraction of sp³-hybridized carbons (Fsp3) is 0. The zero-order valence-corrected chi connectivity index (χ0v) is 17.0. The Morgan fingerprint density at radius 2 is 1.89 bits per heavy atom. The van der Waals surface area contributed by atoms with E-state index >= 15 is 0 Å². The molecule has 9 nitrogen and oxygen atoms in total. The quantitative estimate of drug-likeness (QED) is 0.295. The molecule has 0 saturated heterocycles. The van der Waals surface area contributed by atoms with Crippen molar-refractivity contribution in [1.82, 2.24) is 0 Å². The Hall–Kier alpha value is -2.70. The topological polar surface area (TPSA) is 142 Å². The van der Waals surface area contributed by atoms with Crippen molar-refractivity contribution in [2.24, 2.45) is 10.7 Å². The summed E-state index contributed by atoms with van der Waals surface area (Å²) in [4.78, 5) is 25.4. The molecule has 0 aromatic heterocycles. The van der Waals surface area contributed by atoms with Crippen LogP contribution in [0.3, 0.4) is 0 Å². The fourth-order valence-corrected chi connectivity index (χ4v) is 4.18. The number of amidine groups is 1. The molecule has 2 aromatic rings. The first-order chi connectivity index (χ1) is 13.2. The van der Waals surface area contributed by atoms with E-state index in [1.165, 1.54) is 12.1 Å². The Kier molecular flexibility index (Phi) is 5.54. The summed E-state index contributed by atoms with van der Waals surface area (Å²) in [5.41, 5.74) is 5.57. The van der Waals surface area contributed by atoms with E-state index in [0.717, 1.165) is 36.0 Å². The maximum atomic E-state index is 12.5. The van der Waals surface area contributed by atoms with Gasteiger partial charge in [0, 0.05) is 22.2 Å². The van der Waals surface area contributed by atoms with Gasteiger partial charge in [0.2, 0.25) is 0 Å². The number of rotatable bonds is 5. The van der Waals surface area contributed by atoms with E-state index in [2.05, 4.69) is 20.9 Å². The van der Waals surface area contributed by atoms with Crippen molar-refractivity contribution < 1.29 is 22.3 Å². The van der Waals surface area contributed by atoms with E-state index in [-0.39, 0.29) is 26.4 Å². The summed E-state index contributed by atoms with van der Waals surface area (Å²) in [6.07, 6.45) is 1.42. The largest absolute Gasteiger partial charge is 0.378 e. The van der Waals surface area contributed by atoms with Crippen molar-refractivity contribution in [3.63, 3.8) is 0 Å². The Morgan fingerprint density at radius 3 is 2.46 bits per heavy atom. The van der Waals surface area contributed by atoms with Gasteiger partial charge in [-0.25, -0.2) is 0 Å². The lowest BCUT2D eigenvalue weighted by atomic mass is 10.2. The molecular weight excluding hydrogens is 474 g/mol. The Morgan fingerprint density at radius 1 is 1.21 bits per heavy atom. The third kappa shape index (κ3) is 4.40. The molecular formula is C16H10BrN3O6S2. The summed E-state index contributed by atoms with van der Waals surface area (Å²) < 4.78 is 30.9. The SMILES string of the molecule is NC1=NC(=O)C(=Cc2cc(Br)ccc2OS(=O)(=O)c2ccc([N+](=O)[O-])cc2)S1. The number of halogens is 1. The number of nitro groups is 1. The van der Waals surface area contributed by atoms with Gasteiger partial charge in [-0.2, -0.15) is 13.4 Å². The van der Waals surface area contributed by atoms with E-state index in [9.17, 15) is 23.3 Å². The highest BCUT2D eigenvalue weighted by molar-refractivity contribution is 9.10. The van der Waals surface area contributed by atoms with Crippen LogP contribution in [-0.2, 0) is 14.9 Å². The molecule has 0 spiro atoms. The number of amides is 1. The molecule has 0 bridgehead atoms. The molecule has 2 N–H and O–H groups in total. The molecule has 1 amide bonds. The number of nitrogens with two attached hydrogens (primary N) is 1. The van der Waals surface area contributed by atoms with Crippen LogP contribution in [0.1, 0.15) is 5.56 Å². The highest BCUT2D eigenvalue weighted by atomic mass is 79.9. The van der Waals surface area contributed by atoms with Gasteiger partial charge in [0.15, 0.2) is 5.17 Å². The minimum atomic E-state index is -4.26. The second-order valence-electron chi connectivity index (χ2n) is 5.34. The number of hydrogen-bond acceptors (Lipinski definition) is 8. The minimum absolute atomic E-state index is 0.0343. The molecule has 1 aliphatic rings. The van der Waals surface area contributed by atoms with Gasteiger partial charge in [-0.3, -0.25) is 14.9 Å². The third-order valence-electron chi connectivity index (χ3n) is 3.43. The first-order valence-electron chi connectivity index (χ1n) is 7.42. The zero-order valence-electron chi connectivity index (χ0n) is 13.7. The van der Waals surface area contributed by atoms with Crippen LogP contribution in [0.5, 0.6) is 5.75 Å². The van der Waals surface area contributed by atoms with Crippen LogP contribution in [0.15, 0.2) is 61.7 Å². The van der Waals surface area contributed by atoms with Gasteiger partial charge in [-0.05, 0) is 48.2 Å². The van der Waals surface area contributed by atoms with Gasteiger partial charge in [-0.15, -0.1) is 0 Å². The maximum absolute atomic E-state index is 12.5. The summed E-state index contributed by atoms with van der Waals surface area (Å²) >= 11 is 4.23. The van der Waals surface area contributed by atoms with Crippen molar-refractivity contribution in [2.75, 3.05) is 0 Å². The molecule has 0 fully saturated rings. The summed E-state index contributed by atoms with van der Waals surface area (Å²) in [6, 6.07) is 8.83. The number of nitro benzene ring substituents is 1. The van der Waals surface area contributed by atoms with Crippen LogP contribution >= 0.6 is 27.7 Å². The number of carbonyl (C=O) groups excluding carboxylic acids is 1. The molecule has 0 unspecified atom stereocenters. The number of aliphatic imine (C=N–C) groups is 1. The van der Waals surface area contributed by atoms with E-state index < -0.39 is 20.9 Å². The van der Waals surface area contributed by atoms with Crippen molar-refractivity contribution in [1.29, 1.82) is 0 Å². The Balaban J connectivity index is 1.95. The molecule has 12 heteroatoms. The van der Waals surface area contributed by atoms with Gasteiger partial charge in [0.25, 0.3) is 11.6 Å². The summed E-state index contributed by atoms with van der Waals surface area (Å²) in [7, 11) is -4.26. The standard InChI is InChI=1S/C16H10BrN3O6S2/c17-10-1-6-13(9(7-10)8-14-15(21)19-16(18)27-14)26-28(24,25)12-4-2-11(3-5-12)20(22)23/h1-8H,(H2,18,19,21). The Labute approximate surface area is 171 Å². The molecule has 0 radical (unpaired) electrons. The lowest BCUT2D eigenvalue weighted by Gasteiger charge is -2.10. The highest BCUT2D eigenvalue weighted by Gasteiger charge is 2.23. The van der Waals surface area contributed by atoms with E-state index in [1.807, 2.05) is 0 Å². The highest BCUT2D eigenvalue weighted by Crippen LogP contribution is 2.32. The van der Waals surface area contributed by atoms with Crippen LogP contribution < -0.4 is 9.92 Å². The second-order valence-corrected chi connectivity index (χ2v) is 8.86. The molecule has 0 aliphatic carbocycles. The number of benzene rings is 2. The van der Waals surface area contributed by atoms with Crippen molar-refractivity contribution in [3.8, 4) is 5.75 Å². The van der Waals surface area contributed by atoms with Crippen LogP contribution in [0.2, 0.25) is 0 Å². The number of thioether (sulfide) groups is 1. The average molecular weight is 484 g/mol. The summed E-state index contributed by atoms with van der Waals surface area (Å²) in [6.45, 7) is 0. The van der Waals surface area contributed by atoms with Gasteiger partial charge < -0.3 is 9.92 Å². The molecule has 28 heavy (non-hydrogen) atoms. The average Bonchev–Trinajstić information content (AvgIpc) is 2.94. The van der Waals surface area contributed by atoms with E-state index in [1.54, 1.807) is 12.1 Å². The number of nitrogens with zero attached hydrogens (tertiary/aromatic N) is 2. The molecule has 0 saturated carbocycles. The Bertz CT molecular complexity index is 1140. The van der Waals surface area contributed by atoms with E-state index in [0.29, 0.717) is 10.0 Å². The molecule has 0 atom stereocenters. The van der Waals surface area contributed by atoms with Gasteiger partial charge in [0.05, 0.1) is 9.83 Å². The molecule has 1 aliphatic heterocycles. The molecule has 144 valence electrons.